The van der Waals surface area contributed by atoms with Crippen LogP contribution in [0.15, 0.2) is 0 Å². The molecule has 104 valence electrons. The van der Waals surface area contributed by atoms with E-state index in [2.05, 4.69) is 10.6 Å². The number of carbonyl (C=O) groups excluding carboxylic acids is 1. The first-order valence-electron chi connectivity index (χ1n) is 6.64. The Bertz CT molecular complexity index is 323. The number of alkyl carbamates (subject to hydrolysis) is 1. The van der Waals surface area contributed by atoms with E-state index >= 15 is 0 Å². The molecule has 2 unspecified atom stereocenters. The van der Waals surface area contributed by atoms with Crippen LogP contribution in [0.4, 0.5) is 9.18 Å². The number of rotatable bonds is 3. The fourth-order valence-electron chi connectivity index (χ4n) is 2.77. The van der Waals surface area contributed by atoms with E-state index in [9.17, 15) is 9.18 Å². The second-order valence-corrected chi connectivity index (χ2v) is 6.46. The maximum absolute atomic E-state index is 12.9. The van der Waals surface area contributed by atoms with Gasteiger partial charge in [0, 0.05) is 30.5 Å². The summed E-state index contributed by atoms with van der Waals surface area (Å²) in [6, 6.07) is 0. The quantitative estimate of drug-likeness (QED) is 0.812. The third-order valence-electron chi connectivity index (χ3n) is 3.79. The van der Waals surface area contributed by atoms with Gasteiger partial charge >= 0.3 is 6.09 Å². The summed E-state index contributed by atoms with van der Waals surface area (Å²) < 4.78 is 18.2. The van der Waals surface area contributed by atoms with Crippen molar-refractivity contribution in [1.82, 2.24) is 10.6 Å². The van der Waals surface area contributed by atoms with Gasteiger partial charge in [0.05, 0.1) is 6.67 Å². The molecule has 1 aliphatic heterocycles. The molecule has 1 amide bonds. The molecule has 0 bridgehead atoms. The highest BCUT2D eigenvalue weighted by Gasteiger charge is 2.54. The lowest BCUT2D eigenvalue weighted by Gasteiger charge is -2.29. The van der Waals surface area contributed by atoms with Gasteiger partial charge in [0.25, 0.3) is 0 Å². The maximum atomic E-state index is 12.9. The zero-order valence-corrected chi connectivity index (χ0v) is 11.4. The van der Waals surface area contributed by atoms with Crippen molar-refractivity contribution in [3.63, 3.8) is 0 Å². The molecule has 1 saturated carbocycles. The van der Waals surface area contributed by atoms with Crippen LogP contribution in [0, 0.1) is 11.8 Å². The molecule has 2 N–H and O–H groups in total. The van der Waals surface area contributed by atoms with Gasteiger partial charge in [-0.25, -0.2) is 4.79 Å². The van der Waals surface area contributed by atoms with Crippen LogP contribution in [-0.4, -0.2) is 37.0 Å². The largest absolute Gasteiger partial charge is 0.444 e. The van der Waals surface area contributed by atoms with Crippen LogP contribution in [0.5, 0.6) is 0 Å². The van der Waals surface area contributed by atoms with E-state index in [1.54, 1.807) is 0 Å². The highest BCUT2D eigenvalue weighted by Crippen LogP contribution is 2.47. The molecule has 18 heavy (non-hydrogen) atoms. The molecule has 0 aromatic rings. The van der Waals surface area contributed by atoms with Crippen molar-refractivity contribution in [3.8, 4) is 0 Å². The molecule has 4 nitrogen and oxygen atoms in total. The van der Waals surface area contributed by atoms with Gasteiger partial charge in [0.2, 0.25) is 0 Å². The summed E-state index contributed by atoms with van der Waals surface area (Å²) in [5.41, 5.74) is -0.726. The van der Waals surface area contributed by atoms with Gasteiger partial charge < -0.3 is 15.4 Å². The summed E-state index contributed by atoms with van der Waals surface area (Å²) in [6.07, 6.45) is 1.47. The minimum Gasteiger partial charge on any atom is -0.444 e. The summed E-state index contributed by atoms with van der Waals surface area (Å²) in [4.78, 5) is 11.8. The van der Waals surface area contributed by atoms with Crippen LogP contribution in [0.1, 0.15) is 33.6 Å². The van der Waals surface area contributed by atoms with E-state index in [1.807, 2.05) is 20.8 Å². The molecule has 0 spiro atoms. The van der Waals surface area contributed by atoms with Gasteiger partial charge in [-0.15, -0.1) is 0 Å². The average molecular weight is 258 g/mol. The van der Waals surface area contributed by atoms with Crippen molar-refractivity contribution < 1.29 is 13.9 Å². The third-order valence-corrected chi connectivity index (χ3v) is 3.79. The van der Waals surface area contributed by atoms with Crippen LogP contribution in [0.25, 0.3) is 0 Å². The molecule has 1 saturated heterocycles. The van der Waals surface area contributed by atoms with Crippen LogP contribution in [-0.2, 0) is 4.74 Å². The van der Waals surface area contributed by atoms with Crippen molar-refractivity contribution in [2.24, 2.45) is 11.8 Å². The Balaban J connectivity index is 1.94. The first-order chi connectivity index (χ1) is 8.36. The first-order valence-corrected chi connectivity index (χ1v) is 6.64. The smallest absolute Gasteiger partial charge is 0.408 e. The monoisotopic (exact) mass is 258 g/mol. The maximum Gasteiger partial charge on any atom is 0.408 e. The normalized spacial score (nSPS) is 30.0. The summed E-state index contributed by atoms with van der Waals surface area (Å²) in [6.45, 7) is 6.69. The molecule has 2 atom stereocenters. The Morgan fingerprint density at radius 2 is 2.11 bits per heavy atom. The zero-order chi connectivity index (χ0) is 13.4. The van der Waals surface area contributed by atoms with Gasteiger partial charge in [0.15, 0.2) is 0 Å². The molecular weight excluding hydrogens is 235 g/mol. The van der Waals surface area contributed by atoms with Crippen LogP contribution >= 0.6 is 0 Å². The van der Waals surface area contributed by atoms with E-state index in [0.717, 1.165) is 19.4 Å². The van der Waals surface area contributed by atoms with E-state index in [4.69, 9.17) is 4.74 Å². The standard InChI is InChI=1S/C13H23FN2O2/c1-12(2,3)18-11(17)16-13(4-5-13)10-8-15-7-9(10)6-14/h9-10,15H,4-8H2,1-3H3,(H,16,17). The van der Waals surface area contributed by atoms with Gasteiger partial charge in [-0.1, -0.05) is 0 Å². The zero-order valence-electron chi connectivity index (χ0n) is 11.4. The Labute approximate surface area is 108 Å². The Hall–Kier alpha value is -0.840. The predicted molar refractivity (Wildman–Crippen MR) is 67.2 cm³/mol. The summed E-state index contributed by atoms with van der Waals surface area (Å²) in [5.74, 6) is 0.206. The Kier molecular flexibility index (Phi) is 3.54. The van der Waals surface area contributed by atoms with E-state index in [-0.39, 0.29) is 30.1 Å². The topological polar surface area (TPSA) is 50.4 Å². The van der Waals surface area contributed by atoms with Crippen molar-refractivity contribution in [2.45, 2.75) is 44.8 Å². The van der Waals surface area contributed by atoms with Crippen molar-refractivity contribution >= 4 is 6.09 Å². The number of hydrogen-bond acceptors (Lipinski definition) is 3. The molecule has 1 heterocycles. The van der Waals surface area contributed by atoms with Crippen molar-refractivity contribution in [2.75, 3.05) is 19.8 Å². The highest BCUT2D eigenvalue weighted by molar-refractivity contribution is 5.69. The fourth-order valence-corrected chi connectivity index (χ4v) is 2.77. The van der Waals surface area contributed by atoms with Crippen LogP contribution in [0.3, 0.4) is 0 Å². The Morgan fingerprint density at radius 1 is 1.44 bits per heavy atom. The number of carbonyl (C=O) groups is 1. The van der Waals surface area contributed by atoms with Gasteiger partial charge in [-0.2, -0.15) is 0 Å². The minimum absolute atomic E-state index is 0.0161. The third kappa shape index (κ3) is 2.94. The second kappa shape index (κ2) is 4.68. The summed E-state index contributed by atoms with van der Waals surface area (Å²) in [7, 11) is 0. The highest BCUT2D eigenvalue weighted by atomic mass is 19.1. The lowest BCUT2D eigenvalue weighted by atomic mass is 9.87. The van der Waals surface area contributed by atoms with E-state index < -0.39 is 5.60 Å². The molecule has 0 aromatic carbocycles. The van der Waals surface area contributed by atoms with E-state index in [0.29, 0.717) is 6.54 Å². The number of amides is 1. The number of hydrogen-bond donors (Lipinski definition) is 2. The number of alkyl halides is 1. The molecular formula is C13H23FN2O2. The van der Waals surface area contributed by atoms with Gasteiger partial charge in [-0.3, -0.25) is 4.39 Å². The number of halogens is 1. The van der Waals surface area contributed by atoms with Crippen molar-refractivity contribution in [1.29, 1.82) is 0 Å². The molecule has 2 rings (SSSR count). The molecule has 0 radical (unpaired) electrons. The summed E-state index contributed by atoms with van der Waals surface area (Å²) >= 11 is 0. The van der Waals surface area contributed by atoms with Crippen LogP contribution < -0.4 is 10.6 Å². The van der Waals surface area contributed by atoms with E-state index in [1.165, 1.54) is 0 Å². The fraction of sp³-hybridized carbons (Fsp3) is 0.923. The molecule has 2 aliphatic rings. The van der Waals surface area contributed by atoms with Gasteiger partial charge in [0.1, 0.15) is 5.60 Å². The lowest BCUT2D eigenvalue weighted by Crippen LogP contribution is -2.47. The first kappa shape index (κ1) is 13.6. The second-order valence-electron chi connectivity index (χ2n) is 6.46. The summed E-state index contributed by atoms with van der Waals surface area (Å²) in [5, 5.41) is 6.17. The predicted octanol–water partition coefficient (Wildman–Crippen LogP) is 1.85. The number of nitrogens with one attached hydrogen (secondary N) is 2. The molecule has 5 heteroatoms. The molecule has 2 fully saturated rings. The Morgan fingerprint density at radius 3 is 2.61 bits per heavy atom. The number of ether oxygens (including phenoxy) is 1. The SMILES string of the molecule is CC(C)(C)OC(=O)NC1(C2CNCC2CF)CC1. The minimum atomic E-state index is -0.492. The van der Waals surface area contributed by atoms with Crippen molar-refractivity contribution in [3.05, 3.63) is 0 Å². The molecule has 1 aliphatic carbocycles. The molecule has 0 aromatic heterocycles. The van der Waals surface area contributed by atoms with Gasteiger partial charge in [-0.05, 0) is 33.6 Å². The van der Waals surface area contributed by atoms with Crippen LogP contribution in [0.2, 0.25) is 0 Å². The lowest BCUT2D eigenvalue weighted by molar-refractivity contribution is 0.0464. The average Bonchev–Trinajstić information content (AvgIpc) is 2.84.